The van der Waals surface area contributed by atoms with Crippen LogP contribution in [0.1, 0.15) is 52.9 Å². The molecule has 132 valence electrons. The third kappa shape index (κ3) is 6.56. The smallest absolute Gasteiger partial charge is 0.326 e. The topological polar surface area (TPSA) is 116 Å². The van der Waals surface area contributed by atoms with Crippen LogP contribution in [0.25, 0.3) is 0 Å². The number of ether oxygens (including phenoxy) is 2. The van der Waals surface area contributed by atoms with E-state index in [1.165, 1.54) is 6.92 Å². The fourth-order valence-corrected chi connectivity index (χ4v) is 2.75. The molecule has 1 rings (SSSR count). The van der Waals surface area contributed by atoms with E-state index in [1.807, 2.05) is 13.8 Å². The summed E-state index contributed by atoms with van der Waals surface area (Å²) in [5.74, 6) is -2.13. The molecule has 1 aliphatic carbocycles. The van der Waals surface area contributed by atoms with Crippen molar-refractivity contribution in [3.8, 4) is 0 Å². The number of carboxylic acid groups (broad SMARTS) is 1. The number of rotatable bonds is 7. The molecule has 0 amide bonds. The lowest BCUT2D eigenvalue weighted by Crippen LogP contribution is -2.43. The summed E-state index contributed by atoms with van der Waals surface area (Å²) in [5.41, 5.74) is 5.91. The number of hydrogen-bond donors (Lipinski definition) is 2. The van der Waals surface area contributed by atoms with E-state index < -0.39 is 30.2 Å². The van der Waals surface area contributed by atoms with Gasteiger partial charge in [0.15, 0.2) is 0 Å². The predicted molar refractivity (Wildman–Crippen MR) is 82.2 cm³/mol. The number of carbonyl (C=O) groups excluding carboxylic acids is 2. The highest BCUT2D eigenvalue weighted by atomic mass is 16.7. The van der Waals surface area contributed by atoms with Gasteiger partial charge in [-0.25, -0.2) is 0 Å². The molecular weight excluding hydrogens is 302 g/mol. The van der Waals surface area contributed by atoms with Crippen LogP contribution in [-0.4, -0.2) is 35.3 Å². The van der Waals surface area contributed by atoms with Crippen molar-refractivity contribution in [1.29, 1.82) is 0 Å². The highest BCUT2D eigenvalue weighted by Gasteiger charge is 2.33. The maximum absolute atomic E-state index is 12.0. The van der Waals surface area contributed by atoms with Gasteiger partial charge in [-0.1, -0.05) is 13.8 Å². The Kier molecular flexibility index (Phi) is 7.48. The average molecular weight is 329 g/mol. The summed E-state index contributed by atoms with van der Waals surface area (Å²) < 4.78 is 10.1. The number of esters is 2. The first kappa shape index (κ1) is 19.4. The summed E-state index contributed by atoms with van der Waals surface area (Å²) in [5, 5.41) is 8.97. The van der Waals surface area contributed by atoms with Crippen molar-refractivity contribution < 1.29 is 29.0 Å². The van der Waals surface area contributed by atoms with Crippen LogP contribution in [0.5, 0.6) is 0 Å². The van der Waals surface area contributed by atoms with Crippen molar-refractivity contribution in [3.63, 3.8) is 0 Å². The van der Waals surface area contributed by atoms with E-state index in [0.717, 1.165) is 0 Å². The Bertz CT molecular complexity index is 428. The SMILES string of the molecule is CC(C)CC(=O)OC(C)OC(=O)C(N)[C@H]1CC[C@H](C(=O)O)CC1. The van der Waals surface area contributed by atoms with Gasteiger partial charge < -0.3 is 20.3 Å². The molecular formula is C16H27NO6. The van der Waals surface area contributed by atoms with Crippen LogP contribution in [0.4, 0.5) is 0 Å². The minimum Gasteiger partial charge on any atom is -0.481 e. The van der Waals surface area contributed by atoms with Crippen LogP contribution in [0, 0.1) is 17.8 Å². The molecule has 0 aliphatic heterocycles. The molecule has 0 aromatic rings. The van der Waals surface area contributed by atoms with Crippen molar-refractivity contribution in [2.45, 2.75) is 65.2 Å². The van der Waals surface area contributed by atoms with Crippen LogP contribution in [0.3, 0.4) is 0 Å². The van der Waals surface area contributed by atoms with Crippen molar-refractivity contribution in [1.82, 2.24) is 0 Å². The third-order valence-corrected chi connectivity index (χ3v) is 4.06. The maximum Gasteiger partial charge on any atom is 0.326 e. The van der Waals surface area contributed by atoms with Crippen molar-refractivity contribution in [2.75, 3.05) is 0 Å². The fourth-order valence-electron chi connectivity index (χ4n) is 2.75. The molecule has 0 spiro atoms. The zero-order valence-corrected chi connectivity index (χ0v) is 14.0. The zero-order chi connectivity index (χ0) is 17.6. The molecule has 23 heavy (non-hydrogen) atoms. The van der Waals surface area contributed by atoms with E-state index in [2.05, 4.69) is 0 Å². The summed E-state index contributed by atoms with van der Waals surface area (Å²) in [6.07, 6.45) is 1.46. The Morgan fingerprint density at radius 1 is 1.09 bits per heavy atom. The first-order valence-corrected chi connectivity index (χ1v) is 8.09. The molecule has 0 aromatic carbocycles. The van der Waals surface area contributed by atoms with Gasteiger partial charge in [-0.15, -0.1) is 0 Å². The quantitative estimate of drug-likeness (QED) is 0.539. The molecule has 0 aromatic heterocycles. The molecule has 1 saturated carbocycles. The summed E-state index contributed by atoms with van der Waals surface area (Å²) >= 11 is 0. The maximum atomic E-state index is 12.0. The Balaban J connectivity index is 2.39. The van der Waals surface area contributed by atoms with Gasteiger partial charge >= 0.3 is 17.9 Å². The molecule has 7 nitrogen and oxygen atoms in total. The van der Waals surface area contributed by atoms with Crippen molar-refractivity contribution in [2.24, 2.45) is 23.5 Å². The molecule has 2 unspecified atom stereocenters. The van der Waals surface area contributed by atoms with Gasteiger partial charge in [0.05, 0.1) is 5.92 Å². The largest absolute Gasteiger partial charge is 0.481 e. The number of nitrogens with two attached hydrogens (primary N) is 1. The van der Waals surface area contributed by atoms with E-state index in [1.54, 1.807) is 0 Å². The lowest BCUT2D eigenvalue weighted by Gasteiger charge is -2.29. The summed E-state index contributed by atoms with van der Waals surface area (Å²) in [6.45, 7) is 5.26. The monoisotopic (exact) mass is 329 g/mol. The van der Waals surface area contributed by atoms with Crippen LogP contribution >= 0.6 is 0 Å². The standard InChI is InChI=1S/C16H27NO6/c1-9(2)8-13(18)22-10(3)23-16(21)14(17)11-4-6-12(7-5-11)15(19)20/h9-12,14H,4-8,17H2,1-3H3,(H,19,20)/t10?,11-,12-,14?. The lowest BCUT2D eigenvalue weighted by atomic mass is 9.79. The van der Waals surface area contributed by atoms with Gasteiger partial charge in [-0.05, 0) is 37.5 Å². The van der Waals surface area contributed by atoms with Gasteiger partial charge in [0.25, 0.3) is 0 Å². The van der Waals surface area contributed by atoms with E-state index >= 15 is 0 Å². The molecule has 7 heteroatoms. The molecule has 0 saturated heterocycles. The van der Waals surface area contributed by atoms with Crippen LogP contribution < -0.4 is 5.73 Å². The predicted octanol–water partition coefficient (Wildman–Crippen LogP) is 1.68. The summed E-state index contributed by atoms with van der Waals surface area (Å²) in [4.78, 5) is 34.5. The zero-order valence-electron chi connectivity index (χ0n) is 14.0. The Hall–Kier alpha value is -1.63. The van der Waals surface area contributed by atoms with Gasteiger partial charge in [0, 0.05) is 13.3 Å². The molecule has 2 atom stereocenters. The average Bonchev–Trinajstić information content (AvgIpc) is 2.45. The molecule has 1 fully saturated rings. The minimum absolute atomic E-state index is 0.100. The first-order chi connectivity index (χ1) is 10.7. The minimum atomic E-state index is -0.977. The van der Waals surface area contributed by atoms with Crippen molar-refractivity contribution in [3.05, 3.63) is 0 Å². The fraction of sp³-hybridized carbons (Fsp3) is 0.812. The molecule has 0 radical (unpaired) electrons. The van der Waals surface area contributed by atoms with E-state index in [-0.39, 0.29) is 24.2 Å². The van der Waals surface area contributed by atoms with Gasteiger partial charge in [-0.2, -0.15) is 0 Å². The molecule has 0 heterocycles. The molecule has 3 N–H and O–H groups in total. The number of hydrogen-bond acceptors (Lipinski definition) is 6. The molecule has 1 aliphatic rings. The Morgan fingerprint density at radius 3 is 2.13 bits per heavy atom. The molecule has 0 bridgehead atoms. The van der Waals surface area contributed by atoms with E-state index in [9.17, 15) is 14.4 Å². The summed E-state index contributed by atoms with van der Waals surface area (Å²) in [7, 11) is 0. The third-order valence-electron chi connectivity index (χ3n) is 4.06. The number of aliphatic carboxylic acids is 1. The second-order valence-corrected chi connectivity index (χ2v) is 6.57. The number of carbonyl (C=O) groups is 3. The second-order valence-electron chi connectivity index (χ2n) is 6.57. The highest BCUT2D eigenvalue weighted by Crippen LogP contribution is 2.30. The van der Waals surface area contributed by atoms with Crippen LogP contribution in [0.2, 0.25) is 0 Å². The Morgan fingerprint density at radius 2 is 1.65 bits per heavy atom. The number of carboxylic acids is 1. The van der Waals surface area contributed by atoms with Crippen molar-refractivity contribution >= 4 is 17.9 Å². The normalized spacial score (nSPS) is 23.9. The summed E-state index contributed by atoms with van der Waals surface area (Å²) in [6, 6.07) is -0.823. The van der Waals surface area contributed by atoms with Gasteiger partial charge in [0.1, 0.15) is 6.04 Å². The lowest BCUT2D eigenvalue weighted by molar-refractivity contribution is -0.186. The second kappa shape index (κ2) is 8.86. The highest BCUT2D eigenvalue weighted by molar-refractivity contribution is 5.76. The van der Waals surface area contributed by atoms with Gasteiger partial charge in [-0.3, -0.25) is 14.4 Å². The van der Waals surface area contributed by atoms with Crippen LogP contribution in [-0.2, 0) is 23.9 Å². The van der Waals surface area contributed by atoms with E-state index in [4.69, 9.17) is 20.3 Å². The Labute approximate surface area is 136 Å². The van der Waals surface area contributed by atoms with Crippen LogP contribution in [0.15, 0.2) is 0 Å². The van der Waals surface area contributed by atoms with Gasteiger partial charge in [0.2, 0.25) is 6.29 Å². The first-order valence-electron chi connectivity index (χ1n) is 8.09. The van der Waals surface area contributed by atoms with E-state index in [0.29, 0.717) is 25.7 Å².